The first kappa shape index (κ1) is 17.4. The highest BCUT2D eigenvalue weighted by Gasteiger charge is 2.31. The molecule has 1 aromatic carbocycles. The Morgan fingerprint density at radius 1 is 1.36 bits per heavy atom. The first-order chi connectivity index (χ1) is 11.9. The number of hydrogen-bond acceptors (Lipinski definition) is 5. The van der Waals surface area contributed by atoms with E-state index >= 15 is 0 Å². The lowest BCUT2D eigenvalue weighted by Gasteiger charge is -2.24. The number of hydrogen-bond donors (Lipinski definition) is 2. The molecule has 0 spiro atoms. The fourth-order valence-electron chi connectivity index (χ4n) is 2.66. The van der Waals surface area contributed by atoms with Gasteiger partial charge in [0.05, 0.1) is 36.7 Å². The Hall–Kier alpha value is -2.39. The maximum absolute atomic E-state index is 12.7. The highest BCUT2D eigenvalue weighted by Crippen LogP contribution is 2.35. The van der Waals surface area contributed by atoms with Crippen molar-refractivity contribution in [2.24, 2.45) is 0 Å². The maximum Gasteiger partial charge on any atom is 0.416 e. The minimum absolute atomic E-state index is 0.00235. The van der Waals surface area contributed by atoms with Gasteiger partial charge in [-0.15, -0.1) is 0 Å². The zero-order valence-electron chi connectivity index (χ0n) is 13.1. The lowest BCUT2D eigenvalue weighted by Crippen LogP contribution is -2.42. The van der Waals surface area contributed by atoms with E-state index in [-0.39, 0.29) is 23.8 Å². The third-order valence-electron chi connectivity index (χ3n) is 3.92. The van der Waals surface area contributed by atoms with E-state index in [1.54, 1.807) is 0 Å². The molecule has 2 heterocycles. The summed E-state index contributed by atoms with van der Waals surface area (Å²) in [6.45, 7) is 2.12. The summed E-state index contributed by atoms with van der Waals surface area (Å²) in [6, 6.07) is 2.49. The molecule has 1 aliphatic heterocycles. The average Bonchev–Trinajstić information content (AvgIpc) is 2.57. The molecule has 1 aromatic heterocycles. The molecule has 2 aromatic rings. The van der Waals surface area contributed by atoms with Gasteiger partial charge in [-0.3, -0.25) is 9.36 Å². The van der Waals surface area contributed by atoms with Crippen LogP contribution in [0.2, 0.25) is 0 Å². The van der Waals surface area contributed by atoms with Crippen LogP contribution < -0.4 is 10.9 Å². The number of halogens is 3. The molecule has 0 radical (unpaired) electrons. The zero-order valence-corrected chi connectivity index (χ0v) is 13.1. The second-order valence-corrected chi connectivity index (χ2v) is 5.69. The van der Waals surface area contributed by atoms with E-state index in [0.717, 1.165) is 18.7 Å². The first-order valence-corrected chi connectivity index (χ1v) is 7.63. The van der Waals surface area contributed by atoms with Crippen LogP contribution in [0, 0.1) is 0 Å². The minimum atomic E-state index is -4.57. The SMILES string of the molecule is O=c1c(-c2ccc(C(F)(F)F)cc2O)cncn1C[C@@H]1CNCCO1. The van der Waals surface area contributed by atoms with Crippen LogP contribution in [-0.2, 0) is 17.5 Å². The van der Waals surface area contributed by atoms with Crippen molar-refractivity contribution in [1.82, 2.24) is 14.9 Å². The van der Waals surface area contributed by atoms with Crippen LogP contribution in [0.15, 0.2) is 35.5 Å². The highest BCUT2D eigenvalue weighted by atomic mass is 19.4. The van der Waals surface area contributed by atoms with E-state index in [9.17, 15) is 23.1 Å². The van der Waals surface area contributed by atoms with Gasteiger partial charge in [0.2, 0.25) is 0 Å². The average molecular weight is 355 g/mol. The summed E-state index contributed by atoms with van der Waals surface area (Å²) in [6.07, 6.45) is -2.22. The predicted molar refractivity (Wildman–Crippen MR) is 83.2 cm³/mol. The van der Waals surface area contributed by atoms with Crippen LogP contribution in [-0.4, -0.2) is 40.5 Å². The Balaban J connectivity index is 1.93. The van der Waals surface area contributed by atoms with Crippen molar-refractivity contribution in [2.75, 3.05) is 19.7 Å². The van der Waals surface area contributed by atoms with Crippen molar-refractivity contribution < 1.29 is 23.0 Å². The van der Waals surface area contributed by atoms with Crippen molar-refractivity contribution in [3.63, 3.8) is 0 Å². The molecule has 6 nitrogen and oxygen atoms in total. The van der Waals surface area contributed by atoms with Crippen molar-refractivity contribution >= 4 is 0 Å². The smallest absolute Gasteiger partial charge is 0.416 e. The number of benzene rings is 1. The van der Waals surface area contributed by atoms with E-state index in [0.29, 0.717) is 19.2 Å². The molecule has 0 aliphatic carbocycles. The summed E-state index contributed by atoms with van der Waals surface area (Å²) in [7, 11) is 0. The fourth-order valence-corrected chi connectivity index (χ4v) is 2.66. The van der Waals surface area contributed by atoms with Crippen LogP contribution in [0.25, 0.3) is 11.1 Å². The second kappa shape index (κ2) is 6.85. The molecule has 25 heavy (non-hydrogen) atoms. The van der Waals surface area contributed by atoms with Gasteiger partial charge in [0.15, 0.2) is 0 Å². The molecule has 1 atom stereocenters. The number of phenols is 1. The summed E-state index contributed by atoms with van der Waals surface area (Å²) in [5, 5.41) is 13.1. The van der Waals surface area contributed by atoms with Crippen molar-refractivity contribution in [2.45, 2.75) is 18.8 Å². The van der Waals surface area contributed by atoms with Gasteiger partial charge in [-0.1, -0.05) is 0 Å². The van der Waals surface area contributed by atoms with Gasteiger partial charge in [0.1, 0.15) is 5.75 Å². The van der Waals surface area contributed by atoms with Gasteiger partial charge in [-0.05, 0) is 18.2 Å². The second-order valence-electron chi connectivity index (χ2n) is 5.69. The van der Waals surface area contributed by atoms with Crippen LogP contribution in [0.5, 0.6) is 5.75 Å². The highest BCUT2D eigenvalue weighted by molar-refractivity contribution is 5.69. The summed E-state index contributed by atoms with van der Waals surface area (Å²) in [5.41, 5.74) is -1.42. The standard InChI is InChI=1S/C16H16F3N3O3/c17-16(18,19)10-1-2-12(14(23)5-10)13-7-21-9-22(15(13)24)8-11-6-20-3-4-25-11/h1-2,5,7,9,11,20,23H,3-4,6,8H2/t11-/m0/s1. The van der Waals surface area contributed by atoms with Crippen LogP contribution >= 0.6 is 0 Å². The summed E-state index contributed by atoms with van der Waals surface area (Å²) in [5.74, 6) is -0.623. The molecule has 2 N–H and O–H groups in total. The fraction of sp³-hybridized carbons (Fsp3) is 0.375. The van der Waals surface area contributed by atoms with Crippen molar-refractivity contribution in [1.29, 1.82) is 0 Å². The normalized spacial score (nSPS) is 18.3. The predicted octanol–water partition coefficient (Wildman–Crippen LogP) is 1.62. The molecular formula is C16H16F3N3O3. The van der Waals surface area contributed by atoms with Gasteiger partial charge in [0, 0.05) is 24.8 Å². The number of rotatable bonds is 3. The Kier molecular flexibility index (Phi) is 4.78. The zero-order chi connectivity index (χ0) is 18.0. The van der Waals surface area contributed by atoms with Gasteiger partial charge >= 0.3 is 6.18 Å². The Bertz CT molecular complexity index is 814. The molecule has 3 rings (SSSR count). The Morgan fingerprint density at radius 2 is 2.16 bits per heavy atom. The van der Waals surface area contributed by atoms with Crippen molar-refractivity contribution in [3.05, 3.63) is 46.6 Å². The molecule has 0 unspecified atom stereocenters. The third-order valence-corrected chi connectivity index (χ3v) is 3.92. The topological polar surface area (TPSA) is 76.4 Å². The number of nitrogens with zero attached hydrogens (tertiary/aromatic N) is 2. The van der Waals surface area contributed by atoms with Gasteiger partial charge in [-0.25, -0.2) is 4.98 Å². The van der Waals surface area contributed by atoms with Crippen LogP contribution in [0.4, 0.5) is 13.2 Å². The Labute approximate surface area is 140 Å². The summed E-state index contributed by atoms with van der Waals surface area (Å²) >= 11 is 0. The molecule has 1 aliphatic rings. The maximum atomic E-state index is 12.7. The van der Waals surface area contributed by atoms with Crippen LogP contribution in [0.1, 0.15) is 5.56 Å². The van der Waals surface area contributed by atoms with E-state index in [2.05, 4.69) is 10.3 Å². The molecule has 0 saturated carbocycles. The summed E-state index contributed by atoms with van der Waals surface area (Å²) in [4.78, 5) is 16.5. The number of phenolic OH excluding ortho intramolecular Hbond substituents is 1. The molecule has 0 amide bonds. The number of aromatic hydroxyl groups is 1. The Morgan fingerprint density at radius 3 is 2.80 bits per heavy atom. The lowest BCUT2D eigenvalue weighted by molar-refractivity contribution is -0.137. The van der Waals surface area contributed by atoms with Gasteiger partial charge in [-0.2, -0.15) is 13.2 Å². The number of aromatic nitrogens is 2. The number of ether oxygens (including phenoxy) is 1. The van der Waals surface area contributed by atoms with E-state index in [1.807, 2.05) is 0 Å². The van der Waals surface area contributed by atoms with Gasteiger partial charge in [0.25, 0.3) is 5.56 Å². The van der Waals surface area contributed by atoms with E-state index in [1.165, 1.54) is 17.1 Å². The number of morpholine rings is 1. The van der Waals surface area contributed by atoms with E-state index in [4.69, 9.17) is 4.74 Å². The van der Waals surface area contributed by atoms with Crippen LogP contribution in [0.3, 0.4) is 0 Å². The quantitative estimate of drug-likeness (QED) is 0.875. The molecule has 134 valence electrons. The molecule has 1 saturated heterocycles. The largest absolute Gasteiger partial charge is 0.507 e. The lowest BCUT2D eigenvalue weighted by atomic mass is 10.0. The number of nitrogens with one attached hydrogen (secondary N) is 1. The van der Waals surface area contributed by atoms with Gasteiger partial charge < -0.3 is 15.2 Å². The molecule has 1 fully saturated rings. The number of alkyl halides is 3. The first-order valence-electron chi connectivity index (χ1n) is 7.63. The molecular weight excluding hydrogens is 339 g/mol. The monoisotopic (exact) mass is 355 g/mol. The van der Waals surface area contributed by atoms with Crippen molar-refractivity contribution in [3.8, 4) is 16.9 Å². The molecule has 0 bridgehead atoms. The van der Waals surface area contributed by atoms with E-state index < -0.39 is 23.0 Å². The summed E-state index contributed by atoms with van der Waals surface area (Å²) < 4.78 is 44.9. The minimum Gasteiger partial charge on any atom is -0.507 e. The third kappa shape index (κ3) is 3.83. The molecule has 9 heteroatoms.